The maximum Gasteiger partial charge on any atom is 0.132 e. The highest BCUT2D eigenvalue weighted by molar-refractivity contribution is 5.78. The van der Waals surface area contributed by atoms with Gasteiger partial charge >= 0.3 is 0 Å². The van der Waals surface area contributed by atoms with Crippen molar-refractivity contribution in [1.29, 1.82) is 0 Å². The van der Waals surface area contributed by atoms with Crippen molar-refractivity contribution < 1.29 is 9.59 Å². The quantitative estimate of drug-likeness (QED) is 0.542. The van der Waals surface area contributed by atoms with Gasteiger partial charge in [-0.15, -0.1) is 0 Å². The number of nitrogens with one attached hydrogen (secondary N) is 2. The topological polar surface area (TPSA) is 58.2 Å². The van der Waals surface area contributed by atoms with Crippen LogP contribution in [-0.4, -0.2) is 38.8 Å². The Kier molecular flexibility index (Phi) is 19.7. The highest BCUT2D eigenvalue weighted by Crippen LogP contribution is 1.97. The van der Waals surface area contributed by atoms with Crippen LogP contribution in [0, 0.1) is 0 Å². The predicted octanol–water partition coefficient (Wildman–Crippen LogP) is 2.71. The van der Waals surface area contributed by atoms with Gasteiger partial charge in [0.25, 0.3) is 0 Å². The summed E-state index contributed by atoms with van der Waals surface area (Å²) in [6, 6.07) is 0. The van der Waals surface area contributed by atoms with E-state index in [1.165, 1.54) is 0 Å². The standard InChI is InChI=1S/2C8H17NO/c2*1-3-8(10)6-4-5-7-9-2/h2*9H,3-7H2,1-2H3. The minimum atomic E-state index is 0.385. The molecule has 0 saturated heterocycles. The molecule has 0 aliphatic carbocycles. The SMILES string of the molecule is CCC(=O)CCCCNC.CCC(=O)CCCCNC. The van der Waals surface area contributed by atoms with Crippen LogP contribution in [-0.2, 0) is 9.59 Å². The van der Waals surface area contributed by atoms with Crippen molar-refractivity contribution >= 4 is 11.6 Å². The number of rotatable bonds is 12. The average Bonchev–Trinajstić information content (AvgIpc) is 2.48. The van der Waals surface area contributed by atoms with Crippen LogP contribution in [0.1, 0.15) is 65.2 Å². The Morgan fingerprint density at radius 1 is 0.700 bits per heavy atom. The Bertz CT molecular complexity index is 207. The molecule has 2 N–H and O–H groups in total. The molecule has 0 heterocycles. The van der Waals surface area contributed by atoms with Crippen LogP contribution in [0.4, 0.5) is 0 Å². The van der Waals surface area contributed by atoms with Gasteiger partial charge in [0.05, 0.1) is 0 Å². The van der Waals surface area contributed by atoms with Crippen LogP contribution in [0.25, 0.3) is 0 Å². The summed E-state index contributed by atoms with van der Waals surface area (Å²) in [5, 5.41) is 6.10. The summed E-state index contributed by atoms with van der Waals surface area (Å²) in [6.07, 6.45) is 7.21. The van der Waals surface area contributed by atoms with E-state index in [4.69, 9.17) is 0 Å². The lowest BCUT2D eigenvalue weighted by molar-refractivity contribution is -0.119. The summed E-state index contributed by atoms with van der Waals surface area (Å²) in [5.41, 5.74) is 0. The molecule has 4 heteroatoms. The van der Waals surface area contributed by atoms with Crippen LogP contribution >= 0.6 is 0 Å². The van der Waals surface area contributed by atoms with E-state index in [1.807, 2.05) is 27.9 Å². The number of carbonyl (C=O) groups is 2. The van der Waals surface area contributed by atoms with Crippen LogP contribution in [0.2, 0.25) is 0 Å². The Morgan fingerprint density at radius 3 is 1.30 bits per heavy atom. The molecule has 0 aromatic rings. The lowest BCUT2D eigenvalue weighted by Gasteiger charge is -1.97. The fourth-order valence-electron chi connectivity index (χ4n) is 1.60. The largest absolute Gasteiger partial charge is 0.320 e. The predicted molar refractivity (Wildman–Crippen MR) is 86.2 cm³/mol. The van der Waals surface area contributed by atoms with Gasteiger partial charge in [-0.2, -0.15) is 0 Å². The van der Waals surface area contributed by atoms with E-state index in [1.54, 1.807) is 0 Å². The molecule has 0 radical (unpaired) electrons. The van der Waals surface area contributed by atoms with Gasteiger partial charge in [0.15, 0.2) is 0 Å². The molecule has 0 aromatic heterocycles. The summed E-state index contributed by atoms with van der Waals surface area (Å²) < 4.78 is 0. The fraction of sp³-hybridized carbons (Fsp3) is 0.875. The van der Waals surface area contributed by atoms with Crippen LogP contribution in [0.15, 0.2) is 0 Å². The molecular weight excluding hydrogens is 252 g/mol. The molecule has 0 saturated carbocycles. The number of ketones is 2. The first kappa shape index (κ1) is 21.6. The van der Waals surface area contributed by atoms with E-state index in [0.29, 0.717) is 24.4 Å². The number of unbranched alkanes of at least 4 members (excludes halogenated alkanes) is 2. The van der Waals surface area contributed by atoms with Crippen molar-refractivity contribution in [2.24, 2.45) is 0 Å². The zero-order valence-electron chi connectivity index (χ0n) is 13.9. The first-order valence-corrected chi connectivity index (χ1v) is 7.94. The Hall–Kier alpha value is -0.740. The Morgan fingerprint density at radius 2 is 1.05 bits per heavy atom. The zero-order valence-corrected chi connectivity index (χ0v) is 13.9. The van der Waals surface area contributed by atoms with Crippen molar-refractivity contribution in [3.05, 3.63) is 0 Å². The monoisotopic (exact) mass is 286 g/mol. The summed E-state index contributed by atoms with van der Waals surface area (Å²) in [5.74, 6) is 0.771. The summed E-state index contributed by atoms with van der Waals surface area (Å²) in [4.78, 5) is 21.5. The molecule has 0 aliphatic heterocycles. The molecule has 20 heavy (non-hydrogen) atoms. The second-order valence-corrected chi connectivity index (χ2v) is 4.91. The van der Waals surface area contributed by atoms with Gasteiger partial charge in [0, 0.05) is 25.7 Å². The molecule has 0 atom stereocenters. The van der Waals surface area contributed by atoms with E-state index in [2.05, 4.69) is 10.6 Å². The lowest BCUT2D eigenvalue weighted by atomic mass is 10.1. The molecule has 4 nitrogen and oxygen atoms in total. The van der Waals surface area contributed by atoms with Gasteiger partial charge in [-0.05, 0) is 52.9 Å². The maximum atomic E-state index is 10.8. The number of hydrogen-bond donors (Lipinski definition) is 2. The Labute approximate surface area is 125 Å². The van der Waals surface area contributed by atoms with Crippen LogP contribution in [0.3, 0.4) is 0 Å². The van der Waals surface area contributed by atoms with Crippen molar-refractivity contribution in [3.8, 4) is 0 Å². The van der Waals surface area contributed by atoms with Crippen molar-refractivity contribution in [2.45, 2.75) is 65.2 Å². The summed E-state index contributed by atoms with van der Waals surface area (Å²) in [6.45, 7) is 5.88. The lowest BCUT2D eigenvalue weighted by Crippen LogP contribution is -2.07. The molecule has 0 aliphatic rings. The molecule has 0 amide bonds. The molecular formula is C16H34N2O2. The second-order valence-electron chi connectivity index (χ2n) is 4.91. The van der Waals surface area contributed by atoms with Gasteiger partial charge in [0.2, 0.25) is 0 Å². The highest BCUT2D eigenvalue weighted by atomic mass is 16.1. The molecule has 0 fully saturated rings. The smallest absolute Gasteiger partial charge is 0.132 e. The van der Waals surface area contributed by atoms with Crippen molar-refractivity contribution in [1.82, 2.24) is 10.6 Å². The maximum absolute atomic E-state index is 10.8. The molecule has 0 unspecified atom stereocenters. The van der Waals surface area contributed by atoms with Crippen molar-refractivity contribution in [3.63, 3.8) is 0 Å². The average molecular weight is 286 g/mol. The summed E-state index contributed by atoms with van der Waals surface area (Å²) >= 11 is 0. The first-order valence-electron chi connectivity index (χ1n) is 7.94. The third-order valence-electron chi connectivity index (χ3n) is 3.05. The van der Waals surface area contributed by atoms with Gasteiger partial charge < -0.3 is 10.6 Å². The van der Waals surface area contributed by atoms with Gasteiger partial charge in [0.1, 0.15) is 11.6 Å². The normalized spacial score (nSPS) is 9.80. The highest BCUT2D eigenvalue weighted by Gasteiger charge is 1.96. The van der Waals surface area contributed by atoms with Crippen molar-refractivity contribution in [2.75, 3.05) is 27.2 Å². The van der Waals surface area contributed by atoms with Crippen LogP contribution < -0.4 is 10.6 Å². The number of carbonyl (C=O) groups excluding carboxylic acids is 2. The third kappa shape index (κ3) is 19.6. The minimum absolute atomic E-state index is 0.385. The molecule has 0 rings (SSSR count). The van der Waals surface area contributed by atoms with Crippen LogP contribution in [0.5, 0.6) is 0 Å². The molecule has 0 aromatic carbocycles. The van der Waals surface area contributed by atoms with E-state index < -0.39 is 0 Å². The van der Waals surface area contributed by atoms with Gasteiger partial charge in [-0.3, -0.25) is 9.59 Å². The zero-order chi connectivity index (χ0) is 15.6. The number of Topliss-reactive ketones (excluding diaryl/α,β-unsaturated/α-hetero) is 2. The molecule has 0 bridgehead atoms. The summed E-state index contributed by atoms with van der Waals surface area (Å²) in [7, 11) is 3.86. The number of hydrogen-bond acceptors (Lipinski definition) is 4. The third-order valence-corrected chi connectivity index (χ3v) is 3.05. The van der Waals surface area contributed by atoms with Gasteiger partial charge in [-0.25, -0.2) is 0 Å². The molecule has 0 spiro atoms. The fourth-order valence-corrected chi connectivity index (χ4v) is 1.60. The van der Waals surface area contributed by atoms with E-state index in [-0.39, 0.29) is 0 Å². The Balaban J connectivity index is 0. The minimum Gasteiger partial charge on any atom is -0.320 e. The first-order chi connectivity index (χ1) is 9.62. The van der Waals surface area contributed by atoms with E-state index >= 15 is 0 Å². The second kappa shape index (κ2) is 18.3. The van der Waals surface area contributed by atoms with E-state index in [9.17, 15) is 9.59 Å². The van der Waals surface area contributed by atoms with E-state index in [0.717, 1.165) is 51.6 Å². The molecule has 120 valence electrons. The van der Waals surface area contributed by atoms with Gasteiger partial charge in [-0.1, -0.05) is 13.8 Å².